The second kappa shape index (κ2) is 8.91. The molecule has 0 fully saturated rings. The van der Waals surface area contributed by atoms with Crippen molar-refractivity contribution in [2.45, 2.75) is 24.7 Å². The lowest BCUT2D eigenvalue weighted by atomic mass is 10.2. The lowest BCUT2D eigenvalue weighted by molar-refractivity contribution is 0.348. The molecule has 138 valence electrons. The fourth-order valence-corrected chi connectivity index (χ4v) is 4.21. The summed E-state index contributed by atoms with van der Waals surface area (Å²) in [5.74, 6) is -0.458. The monoisotopic (exact) mass is 378 g/mol. The van der Waals surface area contributed by atoms with E-state index in [0.29, 0.717) is 13.0 Å². The SMILES string of the molecule is Cc1ccc(S(=O)(=O)N(CCCN(C)C)CCCS(=O)(=O)O)cc1. The van der Waals surface area contributed by atoms with E-state index in [1.54, 1.807) is 24.3 Å². The molecule has 0 radical (unpaired) electrons. The van der Waals surface area contributed by atoms with Gasteiger partial charge >= 0.3 is 0 Å². The molecule has 0 atom stereocenters. The third-order valence-corrected chi connectivity index (χ3v) is 6.20. The van der Waals surface area contributed by atoms with Crippen molar-refractivity contribution in [1.29, 1.82) is 0 Å². The minimum absolute atomic E-state index is 0.0451. The number of rotatable bonds is 10. The van der Waals surface area contributed by atoms with E-state index in [2.05, 4.69) is 0 Å². The van der Waals surface area contributed by atoms with E-state index in [0.717, 1.165) is 12.1 Å². The van der Waals surface area contributed by atoms with Gasteiger partial charge in [0.1, 0.15) is 0 Å². The Morgan fingerprint density at radius 1 is 0.917 bits per heavy atom. The van der Waals surface area contributed by atoms with E-state index in [9.17, 15) is 16.8 Å². The van der Waals surface area contributed by atoms with Gasteiger partial charge in [0.25, 0.3) is 10.1 Å². The molecule has 0 saturated carbocycles. The molecular weight excluding hydrogens is 352 g/mol. The van der Waals surface area contributed by atoms with Gasteiger partial charge in [0.2, 0.25) is 10.0 Å². The highest BCUT2D eigenvalue weighted by Crippen LogP contribution is 2.17. The molecule has 7 nitrogen and oxygen atoms in total. The van der Waals surface area contributed by atoms with E-state index in [1.807, 2.05) is 25.9 Å². The Kier molecular flexibility index (Phi) is 7.81. The first kappa shape index (κ1) is 21.0. The standard InChI is InChI=1S/C15H26N2O5S2/c1-14-6-8-15(9-7-14)24(21,22)17(11-4-10-16(2)3)12-5-13-23(18,19)20/h6-9H,4-5,10-13H2,1-3H3,(H,18,19,20). The van der Waals surface area contributed by atoms with Crippen LogP contribution >= 0.6 is 0 Å². The first-order valence-corrected chi connectivity index (χ1v) is 10.7. The summed E-state index contributed by atoms with van der Waals surface area (Å²) in [5.41, 5.74) is 0.958. The minimum Gasteiger partial charge on any atom is -0.309 e. The van der Waals surface area contributed by atoms with Crippen LogP contribution in [-0.4, -0.2) is 70.1 Å². The molecule has 1 aromatic rings. The summed E-state index contributed by atoms with van der Waals surface area (Å²) >= 11 is 0. The predicted octanol–water partition coefficient (Wildman–Crippen LogP) is 1.22. The summed E-state index contributed by atoms with van der Waals surface area (Å²) in [6.45, 7) is 2.93. The summed E-state index contributed by atoms with van der Waals surface area (Å²) in [7, 11) is -3.99. The van der Waals surface area contributed by atoms with Gasteiger partial charge in [-0.2, -0.15) is 12.7 Å². The Bertz CT molecular complexity index is 713. The van der Waals surface area contributed by atoms with Crippen molar-refractivity contribution in [2.24, 2.45) is 0 Å². The Balaban J connectivity index is 2.90. The number of benzene rings is 1. The van der Waals surface area contributed by atoms with E-state index < -0.39 is 25.9 Å². The zero-order valence-corrected chi connectivity index (χ0v) is 16.0. The molecular formula is C15H26N2O5S2. The highest BCUT2D eigenvalue weighted by Gasteiger charge is 2.24. The molecule has 24 heavy (non-hydrogen) atoms. The normalized spacial score (nSPS) is 12.9. The lowest BCUT2D eigenvalue weighted by Gasteiger charge is -2.23. The highest BCUT2D eigenvalue weighted by atomic mass is 32.2. The van der Waals surface area contributed by atoms with Crippen LogP contribution in [0.4, 0.5) is 0 Å². The molecule has 0 aromatic heterocycles. The number of nitrogens with zero attached hydrogens (tertiary/aromatic N) is 2. The van der Waals surface area contributed by atoms with Crippen LogP contribution in [0, 0.1) is 6.92 Å². The summed E-state index contributed by atoms with van der Waals surface area (Å²) in [4.78, 5) is 2.14. The summed E-state index contributed by atoms with van der Waals surface area (Å²) in [6.07, 6.45) is 0.676. The quantitative estimate of drug-likeness (QED) is 0.615. The van der Waals surface area contributed by atoms with Gasteiger partial charge in [-0.05, 0) is 52.5 Å². The predicted molar refractivity (Wildman–Crippen MR) is 94.1 cm³/mol. The Morgan fingerprint density at radius 3 is 1.96 bits per heavy atom. The second-order valence-electron chi connectivity index (χ2n) is 6.01. The molecule has 0 unspecified atom stereocenters. The number of hydrogen-bond acceptors (Lipinski definition) is 5. The van der Waals surface area contributed by atoms with Crippen molar-refractivity contribution in [3.8, 4) is 0 Å². The summed E-state index contributed by atoms with van der Waals surface area (Å²) in [5, 5.41) is 0. The van der Waals surface area contributed by atoms with Crippen LogP contribution in [0.25, 0.3) is 0 Å². The van der Waals surface area contributed by atoms with Crippen molar-refractivity contribution in [3.63, 3.8) is 0 Å². The average molecular weight is 379 g/mol. The van der Waals surface area contributed by atoms with Crippen molar-refractivity contribution >= 4 is 20.1 Å². The van der Waals surface area contributed by atoms with E-state index in [-0.39, 0.29) is 17.9 Å². The summed E-state index contributed by atoms with van der Waals surface area (Å²) in [6, 6.07) is 6.55. The van der Waals surface area contributed by atoms with Crippen LogP contribution in [0.2, 0.25) is 0 Å². The van der Waals surface area contributed by atoms with E-state index >= 15 is 0 Å². The fraction of sp³-hybridized carbons (Fsp3) is 0.600. The number of aryl methyl sites for hydroxylation is 1. The zero-order valence-electron chi connectivity index (χ0n) is 14.3. The molecule has 9 heteroatoms. The zero-order chi connectivity index (χ0) is 18.4. The molecule has 0 amide bonds. The van der Waals surface area contributed by atoms with Gasteiger partial charge in [-0.3, -0.25) is 4.55 Å². The topological polar surface area (TPSA) is 95.0 Å². The molecule has 0 aliphatic heterocycles. The molecule has 1 rings (SSSR count). The Hall–Kier alpha value is -1.00. The lowest BCUT2D eigenvalue weighted by Crippen LogP contribution is -2.35. The number of sulfonamides is 1. The molecule has 0 aliphatic carbocycles. The van der Waals surface area contributed by atoms with Crippen LogP contribution < -0.4 is 0 Å². The highest BCUT2D eigenvalue weighted by molar-refractivity contribution is 7.89. The van der Waals surface area contributed by atoms with Crippen LogP contribution in [0.15, 0.2) is 29.2 Å². The van der Waals surface area contributed by atoms with Gasteiger partial charge in [0.05, 0.1) is 10.6 Å². The third kappa shape index (κ3) is 7.27. The molecule has 0 spiro atoms. The maximum absolute atomic E-state index is 12.8. The van der Waals surface area contributed by atoms with Crippen LogP contribution in [0.1, 0.15) is 18.4 Å². The number of hydrogen-bond donors (Lipinski definition) is 1. The maximum Gasteiger partial charge on any atom is 0.264 e. The van der Waals surface area contributed by atoms with Gasteiger partial charge in [0, 0.05) is 13.1 Å². The van der Waals surface area contributed by atoms with Gasteiger partial charge in [-0.1, -0.05) is 17.7 Å². The first-order chi connectivity index (χ1) is 11.0. The van der Waals surface area contributed by atoms with Crippen molar-refractivity contribution in [1.82, 2.24) is 9.21 Å². The Labute approximate surface area is 145 Å². The molecule has 1 aromatic carbocycles. The van der Waals surface area contributed by atoms with Crippen LogP contribution in [-0.2, 0) is 20.1 Å². The molecule has 1 N–H and O–H groups in total. The van der Waals surface area contributed by atoms with Crippen molar-refractivity contribution in [3.05, 3.63) is 29.8 Å². The van der Waals surface area contributed by atoms with Crippen LogP contribution in [0.5, 0.6) is 0 Å². The first-order valence-electron chi connectivity index (χ1n) is 7.69. The van der Waals surface area contributed by atoms with E-state index in [1.165, 1.54) is 4.31 Å². The molecule has 0 bridgehead atoms. The summed E-state index contributed by atoms with van der Waals surface area (Å²) < 4.78 is 57.4. The van der Waals surface area contributed by atoms with Gasteiger partial charge < -0.3 is 4.90 Å². The van der Waals surface area contributed by atoms with Crippen molar-refractivity contribution < 1.29 is 21.4 Å². The fourth-order valence-electron chi connectivity index (χ4n) is 2.20. The smallest absolute Gasteiger partial charge is 0.264 e. The largest absolute Gasteiger partial charge is 0.309 e. The van der Waals surface area contributed by atoms with Gasteiger partial charge in [0.15, 0.2) is 0 Å². The Morgan fingerprint density at radius 2 is 1.46 bits per heavy atom. The van der Waals surface area contributed by atoms with Crippen LogP contribution in [0.3, 0.4) is 0 Å². The average Bonchev–Trinajstić information content (AvgIpc) is 2.44. The van der Waals surface area contributed by atoms with E-state index in [4.69, 9.17) is 4.55 Å². The van der Waals surface area contributed by atoms with Gasteiger partial charge in [-0.25, -0.2) is 8.42 Å². The van der Waals surface area contributed by atoms with Crippen molar-refractivity contribution in [2.75, 3.05) is 39.5 Å². The third-order valence-electron chi connectivity index (χ3n) is 3.48. The maximum atomic E-state index is 12.8. The molecule has 0 aliphatic rings. The molecule has 0 saturated heterocycles. The molecule has 0 heterocycles. The van der Waals surface area contributed by atoms with Gasteiger partial charge in [-0.15, -0.1) is 0 Å². The minimum atomic E-state index is -4.10. The second-order valence-corrected chi connectivity index (χ2v) is 9.52.